The van der Waals surface area contributed by atoms with Gasteiger partial charge in [-0.3, -0.25) is 9.59 Å². The first-order valence-electron chi connectivity index (χ1n) is 27.8. The molecule has 4 N–H and O–H groups in total. The number of hydrogen-bond acceptors (Lipinski definition) is 12. The van der Waals surface area contributed by atoms with Crippen molar-refractivity contribution in [3.05, 3.63) is 191 Å². The van der Waals surface area contributed by atoms with E-state index >= 15 is 0 Å². The molecule has 82 heavy (non-hydrogen) atoms. The number of phenols is 2. The molecule has 0 spiro atoms. The minimum Gasteiger partial charge on any atom is -0.677 e. The quantitative estimate of drug-likeness (QED) is 0.0825. The standard InChI is InChI=1S/C40H32N4O4.6C4H8O.2Na.2Ni/c45-35-21-9-1-13-27(35)25-41-31-17-5-7-19-33(31)43-39(29-15-3-11-23-37(29)47)40(30-16-4-12-24-38(30)48)44-34-20-8-6-18-32(34)42-26-28-14-2-10-22-36(28)46;6*1-2-4-5-3-1;;;;/h1-26,39-40,47-48H,(H,41,45)(H,42,46);6*1-4H2;;;;/q-2;;;;;;;;;;. The number of allylic oxidation sites excluding steroid dienone is 10. The van der Waals surface area contributed by atoms with Gasteiger partial charge in [-0.05, 0) is 137 Å². The van der Waals surface area contributed by atoms with Gasteiger partial charge in [0.05, 0.1) is 0 Å². The second kappa shape index (κ2) is 46.5. The van der Waals surface area contributed by atoms with Crippen LogP contribution < -0.4 is 10.6 Å². The van der Waals surface area contributed by atoms with Crippen LogP contribution in [0.1, 0.15) is 100 Å². The number of ketones is 2. The number of carbonyl (C=O) groups is 2. The summed E-state index contributed by atoms with van der Waals surface area (Å²) >= 11 is 0. The van der Waals surface area contributed by atoms with Gasteiger partial charge in [-0.2, -0.15) is 0 Å². The second-order valence-corrected chi connectivity index (χ2v) is 18.9. The Morgan fingerprint density at radius 1 is 0.378 bits per heavy atom. The van der Waals surface area contributed by atoms with Crippen LogP contribution in [0.15, 0.2) is 169 Å². The summed E-state index contributed by atoms with van der Waals surface area (Å²) < 4.78 is 29.7. The first-order valence-corrected chi connectivity index (χ1v) is 27.8. The maximum Gasteiger partial charge on any atom is 0.187 e. The predicted molar refractivity (Wildman–Crippen MR) is 322 cm³/mol. The molecule has 2 atom stereocenters. The van der Waals surface area contributed by atoms with Crippen molar-refractivity contribution in [3.63, 3.8) is 0 Å². The van der Waals surface area contributed by atoms with E-state index in [1.165, 1.54) is 89.2 Å². The van der Waals surface area contributed by atoms with E-state index in [1.807, 2.05) is 60.7 Å². The molecule has 6 aliphatic heterocycles. The van der Waals surface area contributed by atoms with Gasteiger partial charge in [-0.15, -0.1) is 11.4 Å². The van der Waals surface area contributed by atoms with Crippen LogP contribution in [0.2, 0.25) is 0 Å². The number of benzene rings is 4. The van der Waals surface area contributed by atoms with Crippen molar-refractivity contribution in [2.24, 2.45) is 0 Å². The molecule has 6 heterocycles. The van der Waals surface area contributed by atoms with Crippen LogP contribution in [-0.2, 0) is 71.0 Å². The van der Waals surface area contributed by atoms with Gasteiger partial charge in [0, 0.05) is 206 Å². The summed E-state index contributed by atoms with van der Waals surface area (Å²) in [5.74, 6) is -0.196. The number of anilines is 2. The minimum absolute atomic E-state index is 0. The van der Waals surface area contributed by atoms with E-state index in [2.05, 4.69) is 10.6 Å². The zero-order valence-corrected chi connectivity index (χ0v) is 53.8. The van der Waals surface area contributed by atoms with Crippen molar-refractivity contribution in [1.82, 2.24) is 0 Å². The van der Waals surface area contributed by atoms with Gasteiger partial charge in [0.15, 0.2) is 11.6 Å². The van der Waals surface area contributed by atoms with Crippen molar-refractivity contribution in [2.75, 3.05) is 89.9 Å². The normalized spacial score (nSPS) is 18.5. The van der Waals surface area contributed by atoms with Gasteiger partial charge >= 0.3 is 0 Å². The first kappa shape index (κ1) is 74.3. The number of nitrogens with zero attached hydrogens (tertiary/aromatic N) is 2. The molecule has 4 aromatic rings. The summed E-state index contributed by atoms with van der Waals surface area (Å²) in [6.07, 6.45) is 32.0. The second-order valence-electron chi connectivity index (χ2n) is 18.9. The van der Waals surface area contributed by atoms with Gasteiger partial charge in [0.2, 0.25) is 0 Å². The third-order valence-corrected chi connectivity index (χ3v) is 12.7. The Kier molecular flexibility index (Phi) is 42.1. The molecular formula is C64H80N4Na2Ni2O10-2. The Morgan fingerprint density at radius 2 is 0.634 bits per heavy atom. The summed E-state index contributed by atoms with van der Waals surface area (Å²) in [5, 5.41) is 39.1. The van der Waals surface area contributed by atoms with Crippen molar-refractivity contribution in [3.8, 4) is 11.5 Å². The topological polar surface area (TPSA) is 182 Å². The van der Waals surface area contributed by atoms with E-state index in [9.17, 15) is 19.8 Å². The first-order chi connectivity index (χ1) is 38.5. The maximum atomic E-state index is 12.4. The van der Waals surface area contributed by atoms with E-state index in [0.29, 0.717) is 45.0 Å². The van der Waals surface area contributed by atoms with Crippen LogP contribution in [0, 0.1) is 0 Å². The summed E-state index contributed by atoms with van der Waals surface area (Å²) in [6.45, 7) is 12.0. The third kappa shape index (κ3) is 28.9. The Labute approximate surface area is 551 Å². The molecule has 8 aliphatic rings. The summed E-state index contributed by atoms with van der Waals surface area (Å²) in [7, 11) is 0. The Balaban J connectivity index is 0.000000539. The predicted octanol–water partition coefficient (Wildman–Crippen LogP) is 13.3. The molecule has 440 valence electrons. The number of ether oxygens (including phenoxy) is 6. The molecule has 0 saturated carbocycles. The van der Waals surface area contributed by atoms with Crippen molar-refractivity contribution < 1.29 is 81.2 Å². The molecular weight excluding hydrogens is 1150 g/mol. The maximum absolute atomic E-state index is 12.4. The van der Waals surface area contributed by atoms with E-state index < -0.39 is 12.1 Å². The van der Waals surface area contributed by atoms with E-state index in [1.54, 1.807) is 85.3 Å². The largest absolute Gasteiger partial charge is 0.677 e. The molecule has 2 aliphatic carbocycles. The van der Waals surface area contributed by atoms with Gasteiger partial charge in [-0.1, -0.05) is 109 Å². The van der Waals surface area contributed by atoms with Crippen LogP contribution in [0.25, 0.3) is 10.6 Å². The van der Waals surface area contributed by atoms with Gasteiger partial charge < -0.3 is 59.9 Å². The number of rotatable bonds is 11. The molecule has 14 nitrogen and oxygen atoms in total. The van der Waals surface area contributed by atoms with Crippen molar-refractivity contribution >= 4 is 93.4 Å². The van der Waals surface area contributed by atoms with Crippen LogP contribution in [0.5, 0.6) is 11.5 Å². The van der Waals surface area contributed by atoms with Crippen LogP contribution in [0.3, 0.4) is 0 Å². The smallest absolute Gasteiger partial charge is 0.187 e. The molecule has 0 bridgehead atoms. The van der Waals surface area contributed by atoms with Gasteiger partial charge in [0.1, 0.15) is 11.5 Å². The zero-order chi connectivity index (χ0) is 54.5. The summed E-state index contributed by atoms with van der Waals surface area (Å²) in [6, 6.07) is 27.0. The number of aromatic hydroxyl groups is 2. The van der Waals surface area contributed by atoms with Crippen molar-refractivity contribution in [2.45, 2.75) is 89.1 Å². The molecule has 6 saturated heterocycles. The molecule has 0 aromatic heterocycles. The van der Waals surface area contributed by atoms with E-state index in [-0.39, 0.29) is 115 Å². The Hall–Kier alpha value is -3.79. The van der Waals surface area contributed by atoms with E-state index in [0.717, 1.165) is 79.3 Å². The minimum atomic E-state index is -0.825. The fourth-order valence-corrected chi connectivity index (χ4v) is 8.38. The average molecular weight is 1230 g/mol. The van der Waals surface area contributed by atoms with Gasteiger partial charge in [0.25, 0.3) is 0 Å². The molecule has 18 heteroatoms. The number of hydrogen-bond donors (Lipinski definition) is 4. The molecule has 12 rings (SSSR count). The number of para-hydroxylation sites is 6. The van der Waals surface area contributed by atoms with Crippen molar-refractivity contribution in [1.29, 1.82) is 0 Å². The fourth-order valence-electron chi connectivity index (χ4n) is 8.38. The van der Waals surface area contributed by atoms with Crippen LogP contribution >= 0.6 is 0 Å². The van der Waals surface area contributed by atoms with Crippen LogP contribution in [-0.4, -0.2) is 160 Å². The summed E-state index contributed by atoms with van der Waals surface area (Å²) in [4.78, 5) is 24.7. The molecule has 0 amide bonds. The Bertz CT molecular complexity index is 2310. The molecule has 4 aromatic carbocycles. The van der Waals surface area contributed by atoms with E-state index in [4.69, 9.17) is 39.1 Å². The van der Waals surface area contributed by atoms with Gasteiger partial charge in [-0.25, -0.2) is 0 Å². The molecule has 6 fully saturated rings. The SMILES string of the molecule is C1CCOC1.C1CCOC1.C1CCOC1.C1CCOC1.C1CCOC1.C1CCOC1.O=C1C=CC=CC1=CNc1ccccc1[N-]C(c1ccccc1O)C([N-]c1ccccc1NC=C1C=CC=CC1=O)c1ccccc1O.[Na].[Na].[Ni].[Ni]. The zero-order valence-electron chi connectivity index (χ0n) is 47.8. The number of nitrogens with one attached hydrogen (secondary N) is 2. The number of carbonyl (C=O) groups excluding carboxylic acids is 2. The Morgan fingerprint density at radius 3 is 0.890 bits per heavy atom. The fraction of sp³-hybridized carbons (Fsp3) is 0.406. The molecule has 2 radical (unpaired) electrons. The monoisotopic (exact) mass is 1230 g/mol. The average Bonchev–Trinajstić information content (AvgIpc) is 4.34. The molecule has 2 unspecified atom stereocenters. The summed E-state index contributed by atoms with van der Waals surface area (Å²) in [5.41, 5.74) is 4.33. The third-order valence-electron chi connectivity index (χ3n) is 12.7. The van der Waals surface area contributed by atoms with Crippen LogP contribution in [0.4, 0.5) is 22.7 Å². The number of phenolic OH excluding ortho intramolecular Hbond substituents is 2.